The number of hydrogen-bond acceptors (Lipinski definition) is 5. The number of rotatable bonds is 6. The summed E-state index contributed by atoms with van der Waals surface area (Å²) < 4.78 is 44.8. The Balaban J connectivity index is 1.09. The van der Waals surface area contributed by atoms with E-state index in [-0.39, 0.29) is 17.8 Å². The lowest BCUT2D eigenvalue weighted by molar-refractivity contribution is -0.274. The first-order valence-electron chi connectivity index (χ1n) is 14.5. The number of carbonyl (C=O) groups excluding carboxylic acids is 1. The van der Waals surface area contributed by atoms with E-state index < -0.39 is 6.36 Å². The summed E-state index contributed by atoms with van der Waals surface area (Å²) in [6.07, 6.45) is -0.592. The number of hydrogen-bond donors (Lipinski definition) is 1. The second-order valence-electron chi connectivity index (χ2n) is 11.2. The molecule has 1 aliphatic carbocycles. The van der Waals surface area contributed by atoms with Crippen molar-refractivity contribution in [2.45, 2.75) is 58.4 Å². The molecule has 0 radical (unpaired) electrons. The van der Waals surface area contributed by atoms with Crippen LogP contribution in [-0.4, -0.2) is 37.8 Å². The quantitative estimate of drug-likeness (QED) is 0.209. The Bertz CT molecular complexity index is 1870. The Morgan fingerprint density at radius 2 is 1.71 bits per heavy atom. The summed E-state index contributed by atoms with van der Waals surface area (Å²) in [7, 11) is 0. The van der Waals surface area contributed by atoms with Crippen molar-refractivity contribution in [3.8, 4) is 28.5 Å². The standard InChI is InChI=1S/C33H31F3N6O2S/c1-20-5-4-6-21(2)29(20)42-22(3)18-45-32(42)39-31(43)38-26-12-11-25(17-26)23-7-9-24(10-8-23)30-37-19-41(40-30)27-13-15-28(16-14-27)44-33(34,35)36/h4-10,13-16,18-19,25-26H,11-12,17H2,1-3H3,(H,38,43)/b39-32-. The van der Waals surface area contributed by atoms with E-state index in [0.29, 0.717) is 22.2 Å². The Kier molecular flexibility index (Phi) is 8.32. The van der Waals surface area contributed by atoms with Crippen LogP contribution in [0.25, 0.3) is 22.8 Å². The number of aryl methyl sites for hydroxylation is 3. The predicted octanol–water partition coefficient (Wildman–Crippen LogP) is 7.56. The smallest absolute Gasteiger partial charge is 0.406 e. The normalized spacial score (nSPS) is 17.1. The van der Waals surface area contributed by atoms with Crippen LogP contribution < -0.4 is 14.9 Å². The largest absolute Gasteiger partial charge is 0.573 e. The maximum atomic E-state index is 13.0. The molecule has 0 saturated heterocycles. The van der Waals surface area contributed by atoms with Gasteiger partial charge in [0.15, 0.2) is 10.6 Å². The molecule has 1 aliphatic rings. The van der Waals surface area contributed by atoms with Crippen LogP contribution in [0.2, 0.25) is 0 Å². The lowest BCUT2D eigenvalue weighted by Crippen LogP contribution is -2.32. The van der Waals surface area contributed by atoms with E-state index in [0.717, 1.165) is 47.3 Å². The first-order valence-corrected chi connectivity index (χ1v) is 15.4. The molecule has 1 saturated carbocycles. The van der Waals surface area contributed by atoms with E-state index in [9.17, 15) is 18.0 Å². The molecule has 45 heavy (non-hydrogen) atoms. The predicted molar refractivity (Wildman–Crippen MR) is 166 cm³/mol. The van der Waals surface area contributed by atoms with Gasteiger partial charge in [0, 0.05) is 22.7 Å². The van der Waals surface area contributed by atoms with Crippen molar-refractivity contribution >= 4 is 17.4 Å². The molecule has 1 fully saturated rings. The second-order valence-corrected chi connectivity index (χ2v) is 12.0. The molecule has 3 aromatic carbocycles. The van der Waals surface area contributed by atoms with Crippen molar-refractivity contribution in [2.75, 3.05) is 0 Å². The second kappa shape index (κ2) is 12.4. The molecule has 8 nitrogen and oxygen atoms in total. The van der Waals surface area contributed by atoms with Crippen LogP contribution in [0.1, 0.15) is 47.6 Å². The summed E-state index contributed by atoms with van der Waals surface area (Å²) in [5.74, 6) is 0.498. The molecule has 2 aromatic heterocycles. The average molecular weight is 633 g/mol. The lowest BCUT2D eigenvalue weighted by Gasteiger charge is -2.14. The molecule has 2 amide bonds. The highest BCUT2D eigenvalue weighted by Gasteiger charge is 2.31. The van der Waals surface area contributed by atoms with Gasteiger partial charge in [0.2, 0.25) is 0 Å². The molecule has 12 heteroatoms. The molecule has 2 unspecified atom stereocenters. The number of nitrogens with zero attached hydrogens (tertiary/aromatic N) is 5. The van der Waals surface area contributed by atoms with Crippen molar-refractivity contribution in [3.63, 3.8) is 0 Å². The molecule has 0 spiro atoms. The van der Waals surface area contributed by atoms with Crippen molar-refractivity contribution in [1.29, 1.82) is 0 Å². The number of nitrogens with one attached hydrogen (secondary N) is 1. The third-order valence-corrected chi connectivity index (χ3v) is 8.91. The Morgan fingerprint density at radius 1 is 1.00 bits per heavy atom. The van der Waals surface area contributed by atoms with Crippen molar-refractivity contribution in [3.05, 3.63) is 106 Å². The number of amides is 2. The molecule has 1 N–H and O–H groups in total. The summed E-state index contributed by atoms with van der Waals surface area (Å²) in [5.41, 5.74) is 6.89. The highest BCUT2D eigenvalue weighted by molar-refractivity contribution is 7.07. The molecule has 2 atom stereocenters. The highest BCUT2D eigenvalue weighted by Crippen LogP contribution is 2.35. The average Bonchev–Trinajstić information content (AvgIpc) is 3.75. The van der Waals surface area contributed by atoms with E-state index in [1.54, 1.807) is 0 Å². The third-order valence-electron chi connectivity index (χ3n) is 7.97. The van der Waals surface area contributed by atoms with Crippen LogP contribution in [0.3, 0.4) is 0 Å². The minimum atomic E-state index is -4.74. The molecular formula is C33H31F3N6O2S. The highest BCUT2D eigenvalue weighted by atomic mass is 32.1. The van der Waals surface area contributed by atoms with Crippen LogP contribution in [0.15, 0.2) is 83.4 Å². The Hall–Kier alpha value is -4.71. The molecular weight excluding hydrogens is 601 g/mol. The van der Waals surface area contributed by atoms with Crippen molar-refractivity contribution < 1.29 is 22.7 Å². The van der Waals surface area contributed by atoms with Gasteiger partial charge in [-0.15, -0.1) is 29.6 Å². The number of alkyl halides is 3. The number of para-hydroxylation sites is 1. The van der Waals surface area contributed by atoms with E-state index in [1.165, 1.54) is 52.2 Å². The van der Waals surface area contributed by atoms with E-state index in [1.807, 2.05) is 30.5 Å². The number of ether oxygens (including phenoxy) is 1. The van der Waals surface area contributed by atoms with Gasteiger partial charge in [-0.1, -0.05) is 42.5 Å². The first kappa shape index (κ1) is 30.3. The molecule has 0 bridgehead atoms. The first-order chi connectivity index (χ1) is 21.5. The van der Waals surface area contributed by atoms with Gasteiger partial charge in [-0.25, -0.2) is 14.5 Å². The molecule has 232 valence electrons. The number of halogens is 3. The van der Waals surface area contributed by atoms with Crippen molar-refractivity contribution in [2.24, 2.45) is 4.99 Å². The number of urea groups is 1. The monoisotopic (exact) mass is 632 g/mol. The topological polar surface area (TPSA) is 86.3 Å². The lowest BCUT2D eigenvalue weighted by atomic mass is 9.96. The summed E-state index contributed by atoms with van der Waals surface area (Å²) in [5, 5.41) is 9.61. The number of aromatic nitrogens is 4. The molecule has 5 aromatic rings. The third kappa shape index (κ3) is 6.85. The van der Waals surface area contributed by atoms with Gasteiger partial charge < -0.3 is 10.1 Å². The van der Waals surface area contributed by atoms with Gasteiger partial charge in [-0.2, -0.15) is 4.99 Å². The van der Waals surface area contributed by atoms with E-state index in [4.69, 9.17) is 0 Å². The maximum absolute atomic E-state index is 13.0. The van der Waals surface area contributed by atoms with Crippen molar-refractivity contribution in [1.82, 2.24) is 24.6 Å². The maximum Gasteiger partial charge on any atom is 0.573 e. The molecule has 0 aliphatic heterocycles. The summed E-state index contributed by atoms with van der Waals surface area (Å²) in [6, 6.07) is 19.3. The van der Waals surface area contributed by atoms with Crippen LogP contribution in [0.4, 0.5) is 18.0 Å². The summed E-state index contributed by atoms with van der Waals surface area (Å²) in [4.78, 5) is 22.5. The zero-order valence-electron chi connectivity index (χ0n) is 24.9. The summed E-state index contributed by atoms with van der Waals surface area (Å²) in [6.45, 7) is 6.15. The van der Waals surface area contributed by atoms with Gasteiger partial charge in [0.05, 0.1) is 11.4 Å². The number of carbonyl (C=O) groups is 1. The minimum absolute atomic E-state index is 0.0333. The van der Waals surface area contributed by atoms with Crippen LogP contribution in [0.5, 0.6) is 5.75 Å². The fraction of sp³-hybridized carbons (Fsp3) is 0.273. The Morgan fingerprint density at radius 3 is 2.40 bits per heavy atom. The van der Waals surface area contributed by atoms with Gasteiger partial charge >= 0.3 is 12.4 Å². The van der Waals surface area contributed by atoms with Gasteiger partial charge in [-0.3, -0.25) is 4.57 Å². The van der Waals surface area contributed by atoms with Crippen LogP contribution in [0, 0.1) is 20.8 Å². The number of thiazole rings is 1. The van der Waals surface area contributed by atoms with Crippen LogP contribution in [-0.2, 0) is 0 Å². The van der Waals surface area contributed by atoms with Gasteiger partial charge in [0.1, 0.15) is 12.1 Å². The van der Waals surface area contributed by atoms with E-state index >= 15 is 0 Å². The summed E-state index contributed by atoms with van der Waals surface area (Å²) >= 11 is 1.46. The zero-order valence-corrected chi connectivity index (χ0v) is 25.7. The fourth-order valence-electron chi connectivity index (χ4n) is 5.83. The molecule has 6 rings (SSSR count). The fourth-order valence-corrected chi connectivity index (χ4v) is 6.69. The van der Waals surface area contributed by atoms with Crippen LogP contribution >= 0.6 is 11.3 Å². The van der Waals surface area contributed by atoms with E-state index in [2.05, 4.69) is 67.8 Å². The molecule has 2 heterocycles. The van der Waals surface area contributed by atoms with Gasteiger partial charge in [-0.05, 0) is 86.9 Å². The zero-order chi connectivity index (χ0) is 31.7. The Labute approximate surface area is 261 Å². The van der Waals surface area contributed by atoms with Gasteiger partial charge in [0.25, 0.3) is 0 Å². The SMILES string of the molecule is Cc1cccc(C)c1-n1c(C)cs/c1=N\C(=O)NC1CCC(c2ccc(-c3ncn(-c4ccc(OC(F)(F)F)cc4)n3)cc2)C1. The minimum Gasteiger partial charge on any atom is -0.406 e. The number of benzene rings is 3.